The van der Waals surface area contributed by atoms with Crippen molar-refractivity contribution in [2.24, 2.45) is 67.8 Å². The average Bonchev–Trinajstić information content (AvgIpc) is 3.56. The highest BCUT2D eigenvalue weighted by atomic mass is 19.1. The molecule has 1 aliphatic heterocycles. The van der Waals surface area contributed by atoms with E-state index >= 15 is 8.78 Å². The van der Waals surface area contributed by atoms with Crippen molar-refractivity contribution in [2.45, 2.75) is 132 Å². The van der Waals surface area contributed by atoms with Crippen LogP contribution in [0.1, 0.15) is 121 Å². The van der Waals surface area contributed by atoms with E-state index in [4.69, 9.17) is 20.3 Å². The lowest BCUT2D eigenvalue weighted by Crippen LogP contribution is -2.69. The third-order valence-electron chi connectivity index (χ3n) is 17.3. The van der Waals surface area contributed by atoms with Gasteiger partial charge in [-0.3, -0.25) is 9.78 Å². The molecule has 4 fully saturated rings. The van der Waals surface area contributed by atoms with Gasteiger partial charge >= 0.3 is 5.97 Å². The van der Waals surface area contributed by atoms with E-state index in [-0.39, 0.29) is 52.0 Å². The number of carboxylic acids is 1. The second-order valence-electron chi connectivity index (χ2n) is 21.0. The molecule has 2 bridgehead atoms. The summed E-state index contributed by atoms with van der Waals surface area (Å²) in [5.74, 6) is -1.73. The monoisotopic (exact) mass is 766 g/mol. The van der Waals surface area contributed by atoms with Gasteiger partial charge < -0.3 is 20.3 Å². The van der Waals surface area contributed by atoms with Crippen molar-refractivity contribution in [2.75, 3.05) is 19.8 Å². The van der Waals surface area contributed by atoms with E-state index in [0.717, 1.165) is 38.1 Å². The quantitative estimate of drug-likeness (QED) is 0.256. The first-order valence-corrected chi connectivity index (χ1v) is 20.6. The van der Waals surface area contributed by atoms with Gasteiger partial charge in [-0.05, 0) is 90.8 Å². The Morgan fingerprint density at radius 3 is 2.35 bits per heavy atom. The van der Waals surface area contributed by atoms with Gasteiger partial charge in [-0.2, -0.15) is 5.10 Å². The molecule has 55 heavy (non-hydrogen) atoms. The van der Waals surface area contributed by atoms with Crippen molar-refractivity contribution >= 4 is 5.97 Å². The number of pyridine rings is 1. The SMILES string of the molecule is CC(C)[C@@H](C)[C@@]1(C)CC[C@]2(C)[C@H]3CC[C@@H]4[C@@]5(COC[C@@]4(C)[C@@H](OC[C@](C)(N)C(C)(C)C)[C@H](n4ncnc4-c4c(F)cncc4F)C5)C3=CC[C@@]2(C)[C@@H]1C(=O)O. The number of nitrogens with zero attached hydrogens (tertiary/aromatic N) is 4. The summed E-state index contributed by atoms with van der Waals surface area (Å²) in [7, 11) is 0. The second-order valence-corrected chi connectivity index (χ2v) is 21.0. The molecule has 0 spiro atoms. The van der Waals surface area contributed by atoms with Gasteiger partial charge in [0, 0.05) is 16.4 Å². The molecular formula is C44H65F2N5O4. The Bertz CT molecular complexity index is 1840. The number of hydrogen-bond donors (Lipinski definition) is 2. The maximum absolute atomic E-state index is 15.5. The summed E-state index contributed by atoms with van der Waals surface area (Å²) >= 11 is 0. The molecule has 3 saturated carbocycles. The molecule has 0 aromatic carbocycles. The van der Waals surface area contributed by atoms with Gasteiger partial charge in [-0.15, -0.1) is 0 Å². The molecule has 12 atom stereocenters. The zero-order chi connectivity index (χ0) is 40.3. The van der Waals surface area contributed by atoms with Gasteiger partial charge in [0.25, 0.3) is 0 Å². The number of allylic oxidation sites excluding steroid dienone is 1. The molecule has 0 amide bonds. The van der Waals surface area contributed by atoms with Crippen LogP contribution in [0.15, 0.2) is 30.4 Å². The normalized spacial score (nSPS) is 40.3. The largest absolute Gasteiger partial charge is 0.481 e. The number of carboxylic acid groups (broad SMARTS) is 1. The summed E-state index contributed by atoms with van der Waals surface area (Å²) < 4.78 is 46.4. The minimum absolute atomic E-state index is 0.0967. The predicted octanol–water partition coefficient (Wildman–Crippen LogP) is 8.90. The zero-order valence-electron chi connectivity index (χ0n) is 35.0. The molecule has 4 aliphatic carbocycles. The summed E-state index contributed by atoms with van der Waals surface area (Å²) in [6.07, 6.45) is 10.3. The Labute approximate surface area is 326 Å². The third kappa shape index (κ3) is 5.65. The van der Waals surface area contributed by atoms with E-state index < -0.39 is 57.5 Å². The van der Waals surface area contributed by atoms with Gasteiger partial charge in [0.15, 0.2) is 17.5 Å². The highest BCUT2D eigenvalue weighted by molar-refractivity contribution is 5.73. The van der Waals surface area contributed by atoms with E-state index in [1.807, 2.05) is 6.92 Å². The molecule has 2 aromatic rings. The van der Waals surface area contributed by atoms with Gasteiger partial charge in [0.2, 0.25) is 0 Å². The summed E-state index contributed by atoms with van der Waals surface area (Å²) in [4.78, 5) is 21.8. The van der Waals surface area contributed by atoms with Crippen LogP contribution in [-0.2, 0) is 14.3 Å². The highest BCUT2D eigenvalue weighted by Crippen LogP contribution is 2.75. The van der Waals surface area contributed by atoms with Crippen LogP contribution in [0, 0.1) is 73.7 Å². The molecule has 5 aliphatic rings. The summed E-state index contributed by atoms with van der Waals surface area (Å²) in [6.45, 7) is 25.4. The minimum Gasteiger partial charge on any atom is -0.481 e. The van der Waals surface area contributed by atoms with E-state index in [1.54, 1.807) is 4.68 Å². The number of rotatable bonds is 8. The fourth-order valence-electron chi connectivity index (χ4n) is 12.9. The van der Waals surface area contributed by atoms with Crippen LogP contribution in [0.2, 0.25) is 0 Å². The lowest BCUT2D eigenvalue weighted by molar-refractivity contribution is -0.253. The third-order valence-corrected chi connectivity index (χ3v) is 17.3. The molecule has 3 N–H and O–H groups in total. The first-order chi connectivity index (χ1) is 25.5. The molecule has 0 unspecified atom stereocenters. The number of halogens is 2. The van der Waals surface area contributed by atoms with Crippen LogP contribution in [0.25, 0.3) is 11.4 Å². The number of aromatic nitrogens is 4. The summed E-state index contributed by atoms with van der Waals surface area (Å²) in [5, 5.41) is 15.9. The van der Waals surface area contributed by atoms with E-state index in [9.17, 15) is 9.90 Å². The Kier molecular flexibility index (Phi) is 9.65. The Morgan fingerprint density at radius 1 is 1.05 bits per heavy atom. The van der Waals surface area contributed by atoms with Crippen molar-refractivity contribution in [3.05, 3.63) is 42.0 Å². The van der Waals surface area contributed by atoms with Crippen LogP contribution >= 0.6 is 0 Å². The molecule has 304 valence electrons. The fourth-order valence-corrected chi connectivity index (χ4v) is 12.9. The topological polar surface area (TPSA) is 125 Å². The minimum atomic E-state index is -0.806. The van der Waals surface area contributed by atoms with Gasteiger partial charge in [0.05, 0.1) is 55.8 Å². The molecule has 1 saturated heterocycles. The number of fused-ring (bicyclic) bond motifs is 3. The van der Waals surface area contributed by atoms with Gasteiger partial charge in [0.1, 0.15) is 6.33 Å². The van der Waals surface area contributed by atoms with Crippen molar-refractivity contribution in [3.8, 4) is 11.4 Å². The smallest absolute Gasteiger partial charge is 0.307 e. The molecule has 9 nitrogen and oxygen atoms in total. The number of carbonyl (C=O) groups is 1. The van der Waals surface area contributed by atoms with Crippen LogP contribution in [-0.4, -0.2) is 62.3 Å². The number of nitrogens with two attached hydrogens (primary N) is 1. The fraction of sp³-hybridized carbons (Fsp3) is 0.773. The summed E-state index contributed by atoms with van der Waals surface area (Å²) in [6, 6.07) is -0.459. The standard InChI is InChI=1S/C44H65F2N5O4/c1-25(2)26(3)39(7)16-17-41(9)27-12-13-32-40(8)21-54-23-44(32,28(27)14-15-42(41,10)34(39)37(52)53)18-31(35(40)55-22-43(11,47)38(4,5)6)51-36(49-24-50-51)33-29(45)19-48-20-30(33)46/h14,19-20,24-27,31-32,34-35H,12-13,15-18,21-23,47H2,1-11H3,(H,52,53)/t26-,27+,31-,32+,34-,35+,39-,40-,41-,42+,43+,44+/m1/s1. The maximum atomic E-state index is 15.5. The van der Waals surface area contributed by atoms with Gasteiger partial charge in [-0.25, -0.2) is 18.4 Å². The van der Waals surface area contributed by atoms with Crippen molar-refractivity contribution in [1.82, 2.24) is 19.7 Å². The molecule has 7 rings (SSSR count). The van der Waals surface area contributed by atoms with Crippen LogP contribution in [0.3, 0.4) is 0 Å². The van der Waals surface area contributed by atoms with Crippen molar-refractivity contribution in [3.63, 3.8) is 0 Å². The first kappa shape index (κ1) is 40.4. The number of ether oxygens (including phenoxy) is 2. The second kappa shape index (κ2) is 13.1. The van der Waals surface area contributed by atoms with Crippen LogP contribution in [0.4, 0.5) is 8.78 Å². The van der Waals surface area contributed by atoms with Crippen molar-refractivity contribution in [1.29, 1.82) is 0 Å². The molecular weight excluding hydrogens is 701 g/mol. The van der Waals surface area contributed by atoms with E-state index in [0.29, 0.717) is 32.0 Å². The zero-order valence-corrected chi connectivity index (χ0v) is 35.0. The highest BCUT2D eigenvalue weighted by Gasteiger charge is 2.72. The van der Waals surface area contributed by atoms with Crippen LogP contribution < -0.4 is 5.73 Å². The van der Waals surface area contributed by atoms with E-state index in [2.05, 4.69) is 85.3 Å². The number of aliphatic carboxylic acids is 1. The molecule has 2 aromatic heterocycles. The van der Waals surface area contributed by atoms with Crippen molar-refractivity contribution < 1.29 is 28.2 Å². The van der Waals surface area contributed by atoms with E-state index in [1.165, 1.54) is 11.9 Å². The van der Waals surface area contributed by atoms with Gasteiger partial charge in [-0.1, -0.05) is 80.9 Å². The first-order valence-electron chi connectivity index (χ1n) is 20.6. The molecule has 0 radical (unpaired) electrons. The average molecular weight is 766 g/mol. The molecule has 11 heteroatoms. The Balaban J connectivity index is 1.37. The summed E-state index contributed by atoms with van der Waals surface area (Å²) in [5.41, 5.74) is 5.10. The Morgan fingerprint density at radius 2 is 1.73 bits per heavy atom. The molecule has 3 heterocycles. The lowest BCUT2D eigenvalue weighted by atomic mass is 9.34. The Hall–Kier alpha value is -2.76. The maximum Gasteiger partial charge on any atom is 0.307 e. The van der Waals surface area contributed by atoms with Crippen LogP contribution in [0.5, 0.6) is 0 Å². The number of hydrogen-bond acceptors (Lipinski definition) is 7. The predicted molar refractivity (Wildman–Crippen MR) is 208 cm³/mol. The lowest BCUT2D eigenvalue weighted by Gasteiger charge is -2.71.